The van der Waals surface area contributed by atoms with Crippen molar-refractivity contribution in [2.45, 2.75) is 45.5 Å². The third-order valence-electron chi connectivity index (χ3n) is 2.64. The highest BCUT2D eigenvalue weighted by molar-refractivity contribution is 5.11. The summed E-state index contributed by atoms with van der Waals surface area (Å²) in [4.78, 5) is 0. The van der Waals surface area contributed by atoms with E-state index >= 15 is 0 Å². The van der Waals surface area contributed by atoms with Gasteiger partial charge in [0.25, 0.3) is 0 Å². The van der Waals surface area contributed by atoms with Crippen molar-refractivity contribution in [2.75, 3.05) is 13.2 Å². The molecule has 2 N–H and O–H groups in total. The lowest BCUT2D eigenvalue weighted by molar-refractivity contribution is -0.174. The minimum Gasteiger partial charge on any atom is -0.370 e. The number of rotatable bonds is 7. The first-order chi connectivity index (χ1) is 8.85. The Morgan fingerprint density at radius 1 is 1.42 bits per heavy atom. The van der Waals surface area contributed by atoms with Gasteiger partial charge in [-0.25, -0.2) is 0 Å². The molecular formula is C12H20F3N3O. The molecule has 1 rings (SSSR count). The molecule has 0 amide bonds. The number of halogens is 3. The minimum absolute atomic E-state index is 0.115. The lowest BCUT2D eigenvalue weighted by Crippen LogP contribution is -2.31. The molecule has 110 valence electrons. The summed E-state index contributed by atoms with van der Waals surface area (Å²) in [6.45, 7) is 3.30. The van der Waals surface area contributed by atoms with E-state index in [-0.39, 0.29) is 6.61 Å². The van der Waals surface area contributed by atoms with Crippen LogP contribution in [0.4, 0.5) is 13.2 Å². The van der Waals surface area contributed by atoms with Crippen molar-refractivity contribution in [3.63, 3.8) is 0 Å². The molecule has 1 unspecified atom stereocenters. The molecule has 1 aromatic rings. The molecule has 0 aliphatic carbocycles. The van der Waals surface area contributed by atoms with E-state index < -0.39 is 18.8 Å². The molecule has 0 aliphatic heterocycles. The Morgan fingerprint density at radius 2 is 2.11 bits per heavy atom. The first kappa shape index (κ1) is 16.0. The van der Waals surface area contributed by atoms with E-state index in [0.717, 1.165) is 17.8 Å². The van der Waals surface area contributed by atoms with Gasteiger partial charge in [0.2, 0.25) is 0 Å². The molecule has 0 saturated heterocycles. The average molecular weight is 279 g/mol. The first-order valence-electron chi connectivity index (χ1n) is 6.31. The summed E-state index contributed by atoms with van der Waals surface area (Å²) < 4.78 is 42.1. The maximum absolute atomic E-state index is 11.9. The van der Waals surface area contributed by atoms with Gasteiger partial charge in [-0.15, -0.1) is 0 Å². The van der Waals surface area contributed by atoms with Gasteiger partial charge in [0, 0.05) is 24.7 Å². The van der Waals surface area contributed by atoms with Crippen LogP contribution < -0.4 is 5.73 Å². The molecule has 0 bridgehead atoms. The smallest absolute Gasteiger partial charge is 0.370 e. The van der Waals surface area contributed by atoms with Crippen LogP contribution in [0.3, 0.4) is 0 Å². The zero-order chi connectivity index (χ0) is 14.5. The maximum Gasteiger partial charge on any atom is 0.411 e. The van der Waals surface area contributed by atoms with Gasteiger partial charge < -0.3 is 10.5 Å². The van der Waals surface area contributed by atoms with Crippen molar-refractivity contribution in [1.29, 1.82) is 0 Å². The largest absolute Gasteiger partial charge is 0.411 e. The van der Waals surface area contributed by atoms with Crippen molar-refractivity contribution in [3.05, 3.63) is 17.5 Å². The zero-order valence-electron chi connectivity index (χ0n) is 11.2. The van der Waals surface area contributed by atoms with E-state index in [9.17, 15) is 13.2 Å². The van der Waals surface area contributed by atoms with Crippen LogP contribution in [0, 0.1) is 0 Å². The topological polar surface area (TPSA) is 53.1 Å². The van der Waals surface area contributed by atoms with E-state index in [1.54, 1.807) is 0 Å². The van der Waals surface area contributed by atoms with Gasteiger partial charge in [-0.2, -0.15) is 18.3 Å². The van der Waals surface area contributed by atoms with Crippen LogP contribution in [0.5, 0.6) is 0 Å². The number of nitrogens with two attached hydrogens (primary N) is 1. The van der Waals surface area contributed by atoms with E-state index in [2.05, 4.69) is 9.84 Å². The fraction of sp³-hybridized carbons (Fsp3) is 0.750. The highest BCUT2D eigenvalue weighted by Crippen LogP contribution is 2.15. The van der Waals surface area contributed by atoms with Crippen molar-refractivity contribution >= 4 is 0 Å². The fourth-order valence-electron chi connectivity index (χ4n) is 1.78. The SMILES string of the molecule is CCc1cc(CC(N)COCC(F)(F)F)n(CC)n1. The Balaban J connectivity index is 2.47. The second-order valence-electron chi connectivity index (χ2n) is 4.39. The van der Waals surface area contributed by atoms with Gasteiger partial charge in [0.1, 0.15) is 6.61 Å². The standard InChI is InChI=1S/C12H20F3N3O/c1-3-10-6-11(18(4-2)17-10)5-9(16)7-19-8-12(13,14)15/h6,9H,3-5,7-8,16H2,1-2H3. The van der Waals surface area contributed by atoms with E-state index in [1.165, 1.54) is 0 Å². The van der Waals surface area contributed by atoms with Gasteiger partial charge in [-0.3, -0.25) is 4.68 Å². The monoisotopic (exact) mass is 279 g/mol. The summed E-state index contributed by atoms with van der Waals surface area (Å²) in [6.07, 6.45) is -3.03. The van der Waals surface area contributed by atoms with Crippen LogP contribution in [0.25, 0.3) is 0 Å². The zero-order valence-corrected chi connectivity index (χ0v) is 11.2. The molecule has 7 heteroatoms. The van der Waals surface area contributed by atoms with Gasteiger partial charge in [0.05, 0.1) is 12.3 Å². The Bertz CT molecular complexity index is 390. The van der Waals surface area contributed by atoms with Crippen LogP contribution >= 0.6 is 0 Å². The van der Waals surface area contributed by atoms with E-state index in [0.29, 0.717) is 13.0 Å². The Morgan fingerprint density at radius 3 is 2.63 bits per heavy atom. The average Bonchev–Trinajstić information content (AvgIpc) is 2.69. The predicted molar refractivity (Wildman–Crippen MR) is 65.8 cm³/mol. The molecular weight excluding hydrogens is 259 g/mol. The van der Waals surface area contributed by atoms with Crippen molar-refractivity contribution < 1.29 is 17.9 Å². The quantitative estimate of drug-likeness (QED) is 0.829. The normalized spacial score (nSPS) is 13.8. The van der Waals surface area contributed by atoms with Crippen LogP contribution in [-0.4, -0.2) is 35.2 Å². The van der Waals surface area contributed by atoms with Gasteiger partial charge in [0.15, 0.2) is 0 Å². The molecule has 1 atom stereocenters. The van der Waals surface area contributed by atoms with Gasteiger partial charge in [-0.05, 0) is 19.4 Å². The summed E-state index contributed by atoms with van der Waals surface area (Å²) in [5, 5.41) is 4.36. The summed E-state index contributed by atoms with van der Waals surface area (Å²) >= 11 is 0. The molecule has 1 aromatic heterocycles. The Labute approximate surface area is 110 Å². The number of nitrogens with zero attached hydrogens (tertiary/aromatic N) is 2. The number of ether oxygens (including phenoxy) is 1. The highest BCUT2D eigenvalue weighted by Gasteiger charge is 2.27. The van der Waals surface area contributed by atoms with Crippen molar-refractivity contribution in [1.82, 2.24) is 9.78 Å². The number of aryl methyl sites for hydroxylation is 2. The second kappa shape index (κ2) is 6.91. The molecule has 0 fully saturated rings. The Kier molecular flexibility index (Phi) is 5.81. The van der Waals surface area contributed by atoms with Gasteiger partial charge >= 0.3 is 6.18 Å². The lowest BCUT2D eigenvalue weighted by Gasteiger charge is -2.14. The first-order valence-corrected chi connectivity index (χ1v) is 6.31. The molecule has 0 radical (unpaired) electrons. The van der Waals surface area contributed by atoms with Crippen LogP contribution in [0.2, 0.25) is 0 Å². The fourth-order valence-corrected chi connectivity index (χ4v) is 1.78. The summed E-state index contributed by atoms with van der Waals surface area (Å²) in [5.41, 5.74) is 7.67. The highest BCUT2D eigenvalue weighted by atomic mass is 19.4. The minimum atomic E-state index is -4.31. The molecule has 1 heterocycles. The van der Waals surface area contributed by atoms with Crippen LogP contribution in [0.1, 0.15) is 25.2 Å². The van der Waals surface area contributed by atoms with Gasteiger partial charge in [-0.1, -0.05) is 6.92 Å². The van der Waals surface area contributed by atoms with Crippen molar-refractivity contribution in [2.24, 2.45) is 5.73 Å². The summed E-state index contributed by atoms with van der Waals surface area (Å²) in [7, 11) is 0. The third kappa shape index (κ3) is 5.61. The molecule has 0 aliphatic rings. The predicted octanol–water partition coefficient (Wildman–Crippen LogP) is 1.91. The number of hydrogen-bond donors (Lipinski definition) is 1. The number of aromatic nitrogens is 2. The second-order valence-corrected chi connectivity index (χ2v) is 4.39. The number of hydrogen-bond acceptors (Lipinski definition) is 3. The van der Waals surface area contributed by atoms with E-state index in [1.807, 2.05) is 24.6 Å². The Hall–Kier alpha value is -1.08. The summed E-state index contributed by atoms with van der Waals surface area (Å²) in [5.74, 6) is 0. The summed E-state index contributed by atoms with van der Waals surface area (Å²) in [6, 6.07) is 1.47. The lowest BCUT2D eigenvalue weighted by atomic mass is 10.1. The van der Waals surface area contributed by atoms with Crippen molar-refractivity contribution in [3.8, 4) is 0 Å². The third-order valence-corrected chi connectivity index (χ3v) is 2.64. The van der Waals surface area contributed by atoms with Crippen LogP contribution in [-0.2, 0) is 24.1 Å². The molecule has 4 nitrogen and oxygen atoms in total. The molecule has 0 aromatic carbocycles. The molecule has 0 spiro atoms. The van der Waals surface area contributed by atoms with Crippen LogP contribution in [0.15, 0.2) is 6.07 Å². The van der Waals surface area contributed by atoms with E-state index in [4.69, 9.17) is 5.73 Å². The maximum atomic E-state index is 11.9. The molecule has 19 heavy (non-hydrogen) atoms. The molecule has 0 saturated carbocycles. The number of alkyl halides is 3.